The lowest BCUT2D eigenvalue weighted by atomic mass is 10.2. The van der Waals surface area contributed by atoms with Gasteiger partial charge in [-0.1, -0.05) is 0 Å². The maximum atomic E-state index is 5.41. The number of nitrogens with one attached hydrogen (secondary N) is 2. The highest BCUT2D eigenvalue weighted by Crippen LogP contribution is 2.08. The summed E-state index contributed by atoms with van der Waals surface area (Å²) in [6.07, 6.45) is 2.80. The number of ether oxygens (including phenoxy) is 2. The number of guanidine groups is 1. The number of hydrogen-bond donors (Lipinski definition) is 2. The van der Waals surface area contributed by atoms with Crippen molar-refractivity contribution in [3.05, 3.63) is 23.9 Å². The number of nitrogens with zero attached hydrogens (tertiary/aromatic N) is 3. The lowest BCUT2D eigenvalue weighted by Crippen LogP contribution is -2.40. The summed E-state index contributed by atoms with van der Waals surface area (Å²) in [5.41, 5.74) is 1.10. The van der Waals surface area contributed by atoms with Gasteiger partial charge in [0.25, 0.3) is 0 Å². The van der Waals surface area contributed by atoms with Crippen LogP contribution in [0.1, 0.15) is 18.9 Å². The van der Waals surface area contributed by atoms with Crippen LogP contribution in [-0.2, 0) is 11.3 Å². The van der Waals surface area contributed by atoms with Gasteiger partial charge in [0, 0.05) is 59.2 Å². The molecule has 0 saturated heterocycles. The summed E-state index contributed by atoms with van der Waals surface area (Å²) in [6, 6.07) is 3.90. The number of aliphatic imine (C=N–C) groups is 1. The van der Waals surface area contributed by atoms with Gasteiger partial charge in [-0.3, -0.25) is 4.99 Å². The summed E-state index contributed by atoms with van der Waals surface area (Å²) in [5.74, 6) is 1.44. The van der Waals surface area contributed by atoms with Crippen LogP contribution in [-0.4, -0.2) is 69.9 Å². The maximum Gasteiger partial charge on any atom is 0.213 e. The molecule has 1 aromatic rings. The minimum atomic E-state index is 0. The Morgan fingerprint density at radius 3 is 2.80 bits per heavy atom. The molecule has 0 aliphatic rings. The summed E-state index contributed by atoms with van der Waals surface area (Å²) >= 11 is 0. The van der Waals surface area contributed by atoms with E-state index in [1.807, 2.05) is 19.1 Å². The zero-order valence-electron chi connectivity index (χ0n) is 15.7. The third kappa shape index (κ3) is 11.2. The predicted octanol–water partition coefficient (Wildman–Crippen LogP) is 1.73. The maximum absolute atomic E-state index is 5.41. The van der Waals surface area contributed by atoms with E-state index in [1.165, 1.54) is 0 Å². The van der Waals surface area contributed by atoms with Crippen molar-refractivity contribution < 1.29 is 9.47 Å². The molecule has 0 fully saturated rings. The van der Waals surface area contributed by atoms with Gasteiger partial charge in [0.05, 0.1) is 6.61 Å². The van der Waals surface area contributed by atoms with E-state index in [1.54, 1.807) is 20.4 Å². The second-order valence-corrected chi connectivity index (χ2v) is 5.44. The minimum absolute atomic E-state index is 0. The van der Waals surface area contributed by atoms with Crippen molar-refractivity contribution in [3.8, 4) is 5.88 Å². The Morgan fingerprint density at radius 1 is 1.32 bits per heavy atom. The number of likely N-dealkylation sites (N-methyl/N-ethyl adjacent to an activating group) is 1. The van der Waals surface area contributed by atoms with Gasteiger partial charge < -0.3 is 25.0 Å². The van der Waals surface area contributed by atoms with Crippen molar-refractivity contribution in [2.75, 3.05) is 54.1 Å². The van der Waals surface area contributed by atoms with Crippen LogP contribution in [0, 0.1) is 0 Å². The Kier molecular flexibility index (Phi) is 14.5. The number of rotatable bonds is 11. The number of aromatic nitrogens is 1. The highest BCUT2D eigenvalue weighted by molar-refractivity contribution is 14.0. The Hall–Kier alpha value is -1.13. The smallest absolute Gasteiger partial charge is 0.213 e. The van der Waals surface area contributed by atoms with Gasteiger partial charge in [-0.05, 0) is 32.0 Å². The third-order valence-electron chi connectivity index (χ3n) is 3.45. The first kappa shape index (κ1) is 23.9. The van der Waals surface area contributed by atoms with Crippen LogP contribution in [0.25, 0.3) is 0 Å². The van der Waals surface area contributed by atoms with Gasteiger partial charge in [-0.25, -0.2) is 4.98 Å². The molecule has 0 spiro atoms. The molecule has 0 atom stereocenters. The Labute approximate surface area is 168 Å². The van der Waals surface area contributed by atoms with Crippen molar-refractivity contribution >= 4 is 29.9 Å². The van der Waals surface area contributed by atoms with E-state index in [2.05, 4.69) is 32.6 Å². The Morgan fingerprint density at radius 2 is 2.12 bits per heavy atom. The number of hydrogen-bond acceptors (Lipinski definition) is 5. The molecule has 144 valence electrons. The summed E-state index contributed by atoms with van der Waals surface area (Å²) in [6.45, 7) is 6.86. The van der Waals surface area contributed by atoms with E-state index in [0.29, 0.717) is 19.0 Å². The number of pyridine rings is 1. The van der Waals surface area contributed by atoms with Gasteiger partial charge in [-0.2, -0.15) is 0 Å². The zero-order valence-corrected chi connectivity index (χ0v) is 18.1. The van der Waals surface area contributed by atoms with E-state index in [0.717, 1.165) is 44.2 Å². The second kappa shape index (κ2) is 15.2. The minimum Gasteiger partial charge on any atom is -0.478 e. The van der Waals surface area contributed by atoms with Crippen LogP contribution in [0.2, 0.25) is 0 Å². The molecule has 0 unspecified atom stereocenters. The summed E-state index contributed by atoms with van der Waals surface area (Å²) in [4.78, 5) is 10.7. The largest absolute Gasteiger partial charge is 0.478 e. The number of methoxy groups -OCH3 is 1. The van der Waals surface area contributed by atoms with Crippen molar-refractivity contribution in [2.45, 2.75) is 19.9 Å². The van der Waals surface area contributed by atoms with Crippen molar-refractivity contribution in [1.29, 1.82) is 0 Å². The molecular weight excluding hydrogens is 433 g/mol. The van der Waals surface area contributed by atoms with E-state index < -0.39 is 0 Å². The highest BCUT2D eigenvalue weighted by Gasteiger charge is 2.02. The molecular formula is C17H32IN5O2. The molecule has 0 bridgehead atoms. The standard InChI is InChI=1S/C17H31N5O2.HI/c1-5-24-16-13-15(7-8-19-16)14-21-17(18-2)20-9-11-22(3)10-6-12-23-4;/h7-8,13H,5-6,9-12,14H2,1-4H3,(H2,18,20,21);1H. The Balaban J connectivity index is 0.00000576. The van der Waals surface area contributed by atoms with Gasteiger partial charge in [0.1, 0.15) is 0 Å². The molecule has 0 radical (unpaired) electrons. The summed E-state index contributed by atoms with van der Waals surface area (Å²) in [5, 5.41) is 6.62. The molecule has 2 N–H and O–H groups in total. The zero-order chi connectivity index (χ0) is 17.6. The first-order valence-corrected chi connectivity index (χ1v) is 8.39. The van der Waals surface area contributed by atoms with Crippen LogP contribution >= 0.6 is 24.0 Å². The van der Waals surface area contributed by atoms with Crippen molar-refractivity contribution in [1.82, 2.24) is 20.5 Å². The lowest BCUT2D eigenvalue weighted by Gasteiger charge is -2.18. The molecule has 1 aromatic heterocycles. The SMILES string of the molecule is CCOc1cc(CNC(=NC)NCCN(C)CCCOC)ccn1.I. The normalized spacial score (nSPS) is 11.2. The molecule has 1 heterocycles. The van der Waals surface area contributed by atoms with Crippen LogP contribution in [0.15, 0.2) is 23.3 Å². The molecule has 1 rings (SSSR count). The van der Waals surface area contributed by atoms with Crippen molar-refractivity contribution in [2.24, 2.45) is 4.99 Å². The third-order valence-corrected chi connectivity index (χ3v) is 3.45. The topological polar surface area (TPSA) is 71.0 Å². The van der Waals surface area contributed by atoms with Gasteiger partial charge >= 0.3 is 0 Å². The monoisotopic (exact) mass is 465 g/mol. The fourth-order valence-electron chi connectivity index (χ4n) is 2.15. The van der Waals surface area contributed by atoms with E-state index in [9.17, 15) is 0 Å². The molecule has 8 heteroatoms. The first-order valence-electron chi connectivity index (χ1n) is 8.39. The van der Waals surface area contributed by atoms with E-state index >= 15 is 0 Å². The molecule has 0 amide bonds. The summed E-state index contributed by atoms with van der Waals surface area (Å²) < 4.78 is 10.5. The highest BCUT2D eigenvalue weighted by atomic mass is 127. The quantitative estimate of drug-likeness (QED) is 0.225. The molecule has 25 heavy (non-hydrogen) atoms. The predicted molar refractivity (Wildman–Crippen MR) is 113 cm³/mol. The van der Waals surface area contributed by atoms with Crippen LogP contribution < -0.4 is 15.4 Å². The van der Waals surface area contributed by atoms with Crippen LogP contribution in [0.4, 0.5) is 0 Å². The first-order chi connectivity index (χ1) is 11.7. The van der Waals surface area contributed by atoms with Gasteiger partial charge in [-0.15, -0.1) is 24.0 Å². The van der Waals surface area contributed by atoms with Crippen LogP contribution in [0.3, 0.4) is 0 Å². The average molecular weight is 465 g/mol. The number of halogens is 1. The molecule has 0 aliphatic heterocycles. The molecule has 0 aromatic carbocycles. The average Bonchev–Trinajstić information content (AvgIpc) is 2.59. The lowest BCUT2D eigenvalue weighted by molar-refractivity contribution is 0.180. The fraction of sp³-hybridized carbons (Fsp3) is 0.647. The van der Waals surface area contributed by atoms with Crippen LogP contribution in [0.5, 0.6) is 5.88 Å². The molecule has 7 nitrogen and oxygen atoms in total. The van der Waals surface area contributed by atoms with Crippen molar-refractivity contribution in [3.63, 3.8) is 0 Å². The Bertz CT molecular complexity index is 488. The second-order valence-electron chi connectivity index (χ2n) is 5.44. The molecule has 0 saturated carbocycles. The fourth-order valence-corrected chi connectivity index (χ4v) is 2.15. The molecule has 0 aliphatic carbocycles. The van der Waals surface area contributed by atoms with Gasteiger partial charge in [0.15, 0.2) is 5.96 Å². The van der Waals surface area contributed by atoms with E-state index in [-0.39, 0.29) is 24.0 Å². The van der Waals surface area contributed by atoms with Gasteiger partial charge in [0.2, 0.25) is 5.88 Å². The van der Waals surface area contributed by atoms with E-state index in [4.69, 9.17) is 9.47 Å². The summed E-state index contributed by atoms with van der Waals surface area (Å²) in [7, 11) is 5.62.